The monoisotopic (exact) mass is 209 g/mol. The summed E-state index contributed by atoms with van der Waals surface area (Å²) in [6.07, 6.45) is 1.08. The maximum absolute atomic E-state index is 9.76. The van der Waals surface area contributed by atoms with Crippen LogP contribution in [-0.4, -0.2) is 23.3 Å². The minimum Gasteiger partial charge on any atom is -0.481 e. The van der Waals surface area contributed by atoms with Crippen LogP contribution in [0.1, 0.15) is 26.0 Å². The lowest BCUT2D eigenvalue weighted by atomic mass is 10.0. The molecule has 1 unspecified atom stereocenters. The average Bonchev–Trinajstić information content (AvgIpc) is 2.16. The van der Waals surface area contributed by atoms with Crippen molar-refractivity contribution in [3.8, 4) is 5.88 Å². The normalized spacial score (nSPS) is 12.9. The average molecular weight is 209 g/mol. The molecule has 1 aromatic heterocycles. The zero-order valence-corrected chi connectivity index (χ0v) is 9.60. The summed E-state index contributed by atoms with van der Waals surface area (Å²) in [6.45, 7) is 4.20. The van der Waals surface area contributed by atoms with Gasteiger partial charge in [-0.1, -0.05) is 19.9 Å². The van der Waals surface area contributed by atoms with E-state index in [0.29, 0.717) is 18.2 Å². The summed E-state index contributed by atoms with van der Waals surface area (Å²) >= 11 is 0. The van der Waals surface area contributed by atoms with Crippen LogP contribution in [0.4, 0.5) is 0 Å². The van der Waals surface area contributed by atoms with Crippen molar-refractivity contribution in [3.63, 3.8) is 0 Å². The number of hydrogen-bond acceptors (Lipinski definition) is 3. The van der Waals surface area contributed by atoms with E-state index in [1.165, 1.54) is 0 Å². The van der Waals surface area contributed by atoms with Gasteiger partial charge >= 0.3 is 0 Å². The van der Waals surface area contributed by atoms with Gasteiger partial charge in [0, 0.05) is 18.2 Å². The molecule has 0 aliphatic carbocycles. The molecule has 15 heavy (non-hydrogen) atoms. The Morgan fingerprint density at radius 2 is 2.13 bits per heavy atom. The number of ether oxygens (including phenoxy) is 1. The number of aromatic nitrogens is 1. The molecule has 1 rings (SSSR count). The third kappa shape index (κ3) is 4.30. The molecule has 1 atom stereocenters. The van der Waals surface area contributed by atoms with E-state index in [1.54, 1.807) is 13.2 Å². The van der Waals surface area contributed by atoms with E-state index in [4.69, 9.17) is 4.74 Å². The van der Waals surface area contributed by atoms with Crippen molar-refractivity contribution in [1.82, 2.24) is 4.98 Å². The Bertz CT molecular complexity index is 299. The SMILES string of the molecule is COc1cccc(CC(O)CC(C)C)n1. The highest BCUT2D eigenvalue weighted by Gasteiger charge is 2.09. The van der Waals surface area contributed by atoms with Crippen molar-refractivity contribution < 1.29 is 9.84 Å². The summed E-state index contributed by atoms with van der Waals surface area (Å²) in [5.41, 5.74) is 0.877. The van der Waals surface area contributed by atoms with Crippen LogP contribution in [-0.2, 0) is 6.42 Å². The third-order valence-corrected chi connectivity index (χ3v) is 2.18. The van der Waals surface area contributed by atoms with Crippen LogP contribution in [0.5, 0.6) is 5.88 Å². The molecule has 0 radical (unpaired) electrons. The van der Waals surface area contributed by atoms with Gasteiger partial charge in [-0.15, -0.1) is 0 Å². The Kier molecular flexibility index (Phi) is 4.56. The van der Waals surface area contributed by atoms with Crippen LogP contribution in [0, 0.1) is 5.92 Å². The first-order chi connectivity index (χ1) is 7.11. The van der Waals surface area contributed by atoms with Crippen molar-refractivity contribution in [2.45, 2.75) is 32.8 Å². The van der Waals surface area contributed by atoms with Gasteiger partial charge in [-0.2, -0.15) is 0 Å². The number of nitrogens with zero attached hydrogens (tertiary/aromatic N) is 1. The van der Waals surface area contributed by atoms with Crippen LogP contribution < -0.4 is 4.74 Å². The lowest BCUT2D eigenvalue weighted by Gasteiger charge is -2.12. The molecule has 84 valence electrons. The van der Waals surface area contributed by atoms with E-state index in [0.717, 1.165) is 12.1 Å². The molecule has 0 saturated heterocycles. The topological polar surface area (TPSA) is 42.4 Å². The molecule has 0 aliphatic heterocycles. The lowest BCUT2D eigenvalue weighted by Crippen LogP contribution is -2.14. The fourth-order valence-electron chi connectivity index (χ4n) is 1.55. The maximum Gasteiger partial charge on any atom is 0.213 e. The molecular weight excluding hydrogens is 190 g/mol. The van der Waals surface area contributed by atoms with Crippen LogP contribution in [0.15, 0.2) is 18.2 Å². The Morgan fingerprint density at radius 1 is 1.40 bits per heavy atom. The van der Waals surface area contributed by atoms with E-state index in [9.17, 15) is 5.11 Å². The summed E-state index contributed by atoms with van der Waals surface area (Å²) in [6, 6.07) is 5.60. The zero-order valence-electron chi connectivity index (χ0n) is 9.60. The second-order valence-corrected chi connectivity index (χ2v) is 4.16. The van der Waals surface area contributed by atoms with Gasteiger partial charge in [-0.3, -0.25) is 0 Å². The van der Waals surface area contributed by atoms with Gasteiger partial charge in [0.05, 0.1) is 13.2 Å². The summed E-state index contributed by atoms with van der Waals surface area (Å²) in [4.78, 5) is 4.26. The standard InChI is InChI=1S/C12H19NO2/c1-9(2)7-11(14)8-10-5-4-6-12(13-10)15-3/h4-6,9,11,14H,7-8H2,1-3H3. The van der Waals surface area contributed by atoms with Crippen LogP contribution in [0.25, 0.3) is 0 Å². The molecule has 1 N–H and O–H groups in total. The molecule has 1 heterocycles. The van der Waals surface area contributed by atoms with E-state index in [2.05, 4.69) is 18.8 Å². The zero-order chi connectivity index (χ0) is 11.3. The summed E-state index contributed by atoms with van der Waals surface area (Å²) < 4.78 is 5.02. The van der Waals surface area contributed by atoms with Crippen LogP contribution in [0.3, 0.4) is 0 Å². The Balaban J connectivity index is 2.55. The number of rotatable bonds is 5. The van der Waals surface area contributed by atoms with E-state index < -0.39 is 0 Å². The smallest absolute Gasteiger partial charge is 0.213 e. The highest BCUT2D eigenvalue weighted by Crippen LogP contribution is 2.12. The summed E-state index contributed by atoms with van der Waals surface area (Å²) in [7, 11) is 1.59. The second-order valence-electron chi connectivity index (χ2n) is 4.16. The molecule has 0 spiro atoms. The van der Waals surface area contributed by atoms with Gasteiger partial charge in [-0.25, -0.2) is 4.98 Å². The first-order valence-electron chi connectivity index (χ1n) is 5.29. The molecule has 3 heteroatoms. The van der Waals surface area contributed by atoms with Gasteiger partial charge in [0.1, 0.15) is 0 Å². The fraction of sp³-hybridized carbons (Fsp3) is 0.583. The molecule has 1 aromatic rings. The number of aliphatic hydroxyl groups is 1. The highest BCUT2D eigenvalue weighted by molar-refractivity contribution is 5.16. The second kappa shape index (κ2) is 5.71. The Labute approximate surface area is 91.1 Å². The molecule has 0 aromatic carbocycles. The summed E-state index contributed by atoms with van der Waals surface area (Å²) in [5, 5.41) is 9.76. The lowest BCUT2D eigenvalue weighted by molar-refractivity contribution is 0.148. The molecule has 0 aliphatic rings. The first-order valence-corrected chi connectivity index (χ1v) is 5.29. The minimum atomic E-state index is -0.315. The number of pyridine rings is 1. The van der Waals surface area contributed by atoms with Crippen molar-refractivity contribution in [1.29, 1.82) is 0 Å². The minimum absolute atomic E-state index is 0.315. The van der Waals surface area contributed by atoms with Crippen LogP contribution in [0.2, 0.25) is 0 Å². The maximum atomic E-state index is 9.76. The van der Waals surface area contributed by atoms with Crippen molar-refractivity contribution in [2.75, 3.05) is 7.11 Å². The summed E-state index contributed by atoms with van der Waals surface area (Å²) in [5.74, 6) is 1.11. The molecule has 0 saturated carbocycles. The number of aliphatic hydroxyl groups excluding tert-OH is 1. The van der Waals surface area contributed by atoms with Gasteiger partial charge < -0.3 is 9.84 Å². The van der Waals surface area contributed by atoms with Gasteiger partial charge in [0.25, 0.3) is 0 Å². The first kappa shape index (κ1) is 12.0. The van der Waals surface area contributed by atoms with Gasteiger partial charge in [0.15, 0.2) is 0 Å². The van der Waals surface area contributed by atoms with Crippen molar-refractivity contribution in [2.24, 2.45) is 5.92 Å². The predicted octanol–water partition coefficient (Wildman–Crippen LogP) is 2.04. The van der Waals surface area contributed by atoms with Crippen molar-refractivity contribution in [3.05, 3.63) is 23.9 Å². The van der Waals surface area contributed by atoms with E-state index in [-0.39, 0.29) is 6.10 Å². The predicted molar refractivity (Wildman–Crippen MR) is 60.0 cm³/mol. The van der Waals surface area contributed by atoms with Crippen molar-refractivity contribution >= 4 is 0 Å². The number of methoxy groups -OCH3 is 1. The largest absolute Gasteiger partial charge is 0.481 e. The fourth-order valence-corrected chi connectivity index (χ4v) is 1.55. The van der Waals surface area contributed by atoms with E-state index in [1.807, 2.05) is 12.1 Å². The molecule has 0 bridgehead atoms. The Morgan fingerprint density at radius 3 is 2.73 bits per heavy atom. The van der Waals surface area contributed by atoms with Gasteiger partial charge in [-0.05, 0) is 18.4 Å². The Hall–Kier alpha value is -1.09. The molecule has 0 amide bonds. The van der Waals surface area contributed by atoms with Crippen LogP contribution >= 0.6 is 0 Å². The quantitative estimate of drug-likeness (QED) is 0.807. The number of hydrogen-bond donors (Lipinski definition) is 1. The molecular formula is C12H19NO2. The van der Waals surface area contributed by atoms with E-state index >= 15 is 0 Å². The highest BCUT2D eigenvalue weighted by atomic mass is 16.5. The van der Waals surface area contributed by atoms with Gasteiger partial charge in [0.2, 0.25) is 5.88 Å². The molecule has 0 fully saturated rings. The third-order valence-electron chi connectivity index (χ3n) is 2.18. The molecule has 3 nitrogen and oxygen atoms in total.